The molecule has 0 aliphatic carbocycles. The second-order valence-corrected chi connectivity index (χ2v) is 7.32. The fraction of sp³-hybridized carbons (Fsp3) is 0.105. The van der Waals surface area contributed by atoms with Gasteiger partial charge in [0, 0.05) is 17.3 Å². The number of hydrogen-bond donors (Lipinski definition) is 2. The Morgan fingerprint density at radius 2 is 2.00 bits per heavy atom. The van der Waals surface area contributed by atoms with Crippen LogP contribution in [-0.2, 0) is 9.59 Å². The molecule has 0 bridgehead atoms. The Balaban J connectivity index is 1.58. The predicted octanol–water partition coefficient (Wildman–Crippen LogP) is 3.27. The monoisotopic (exact) mass is 399 g/mol. The van der Waals surface area contributed by atoms with E-state index >= 15 is 0 Å². The van der Waals surface area contributed by atoms with Gasteiger partial charge in [0.25, 0.3) is 11.8 Å². The molecule has 1 aliphatic rings. The van der Waals surface area contributed by atoms with Crippen LogP contribution in [0.2, 0.25) is 5.02 Å². The summed E-state index contributed by atoms with van der Waals surface area (Å²) in [4.78, 5) is 29.6. The number of thiazole rings is 1. The lowest BCUT2D eigenvalue weighted by molar-refractivity contribution is -0.137. The van der Waals surface area contributed by atoms with Crippen LogP contribution in [0.5, 0.6) is 0 Å². The van der Waals surface area contributed by atoms with Crippen molar-refractivity contribution in [1.82, 2.24) is 9.88 Å². The molecule has 3 aromatic rings. The molecule has 0 saturated carbocycles. The van der Waals surface area contributed by atoms with Gasteiger partial charge in [0.1, 0.15) is 10.7 Å². The van der Waals surface area contributed by atoms with Gasteiger partial charge in [-0.2, -0.15) is 0 Å². The summed E-state index contributed by atoms with van der Waals surface area (Å²) >= 11 is 7.99. The average molecular weight is 400 g/mol. The van der Waals surface area contributed by atoms with Crippen molar-refractivity contribution in [1.29, 1.82) is 0 Å². The molecule has 6 nitrogen and oxygen atoms in total. The zero-order valence-corrected chi connectivity index (χ0v) is 15.5. The van der Waals surface area contributed by atoms with Crippen LogP contribution in [0.15, 0.2) is 54.2 Å². The number of hydrogen-bond acceptors (Lipinski definition) is 6. The molecule has 0 spiro atoms. The number of aromatic nitrogens is 1. The highest BCUT2D eigenvalue weighted by atomic mass is 35.5. The van der Waals surface area contributed by atoms with Crippen molar-refractivity contribution in [3.05, 3.63) is 59.3 Å². The van der Waals surface area contributed by atoms with E-state index < -0.39 is 11.8 Å². The zero-order chi connectivity index (χ0) is 19.0. The number of carbonyl (C=O) groups is 2. The molecule has 0 unspecified atom stereocenters. The molecule has 136 valence electrons. The molecule has 27 heavy (non-hydrogen) atoms. The van der Waals surface area contributed by atoms with Crippen molar-refractivity contribution in [2.75, 3.05) is 18.5 Å². The Morgan fingerprint density at radius 3 is 2.74 bits per heavy atom. The van der Waals surface area contributed by atoms with Crippen molar-refractivity contribution in [3.63, 3.8) is 0 Å². The Morgan fingerprint density at radius 1 is 1.19 bits per heavy atom. The lowest BCUT2D eigenvalue weighted by Crippen LogP contribution is -2.34. The van der Waals surface area contributed by atoms with Crippen molar-refractivity contribution >= 4 is 50.7 Å². The molecule has 2 aromatic carbocycles. The van der Waals surface area contributed by atoms with Gasteiger partial charge in [-0.05, 0) is 30.3 Å². The van der Waals surface area contributed by atoms with E-state index in [1.54, 1.807) is 23.5 Å². The lowest BCUT2D eigenvalue weighted by atomic mass is 10.2. The summed E-state index contributed by atoms with van der Waals surface area (Å²) in [5, 5.41) is 13.2. The maximum atomic E-state index is 12.2. The van der Waals surface area contributed by atoms with Crippen LogP contribution in [0.4, 0.5) is 5.69 Å². The number of nitrogens with zero attached hydrogens (tertiary/aromatic N) is 2. The van der Waals surface area contributed by atoms with Gasteiger partial charge < -0.3 is 10.4 Å². The van der Waals surface area contributed by atoms with E-state index in [-0.39, 0.29) is 18.8 Å². The number of rotatable bonds is 5. The molecular formula is C19H14ClN3O3S. The largest absolute Gasteiger partial charge is 0.395 e. The number of amides is 2. The minimum Gasteiger partial charge on any atom is -0.395 e. The van der Waals surface area contributed by atoms with Gasteiger partial charge in [0.05, 0.1) is 28.4 Å². The Kier molecular flexibility index (Phi) is 4.65. The minimum atomic E-state index is -0.472. The summed E-state index contributed by atoms with van der Waals surface area (Å²) in [7, 11) is 0. The van der Waals surface area contributed by atoms with E-state index in [1.807, 2.05) is 30.3 Å². The van der Waals surface area contributed by atoms with E-state index in [9.17, 15) is 9.59 Å². The smallest absolute Gasteiger partial charge is 0.277 e. The fourth-order valence-corrected chi connectivity index (χ4v) is 4.15. The van der Waals surface area contributed by atoms with Crippen LogP contribution in [0.1, 0.15) is 0 Å². The summed E-state index contributed by atoms with van der Waals surface area (Å²) in [5.41, 5.74) is 2.45. The number of fused-ring (bicyclic) bond motifs is 1. The van der Waals surface area contributed by atoms with Crippen LogP contribution in [0.25, 0.3) is 20.8 Å². The number of benzene rings is 2. The predicted molar refractivity (Wildman–Crippen MR) is 106 cm³/mol. The summed E-state index contributed by atoms with van der Waals surface area (Å²) < 4.78 is 1.08. The van der Waals surface area contributed by atoms with E-state index in [1.165, 1.54) is 6.08 Å². The van der Waals surface area contributed by atoms with Gasteiger partial charge in [-0.25, -0.2) is 4.98 Å². The number of aliphatic hydroxyl groups excluding tert-OH is 1. The SMILES string of the molecule is O=C1C=C(Nc2ccc(-c3nc4ccccc4s3)c(Cl)c2)C(=O)N1CCO. The van der Waals surface area contributed by atoms with Crippen molar-refractivity contribution in [2.24, 2.45) is 0 Å². The highest BCUT2D eigenvalue weighted by Gasteiger charge is 2.30. The van der Waals surface area contributed by atoms with Gasteiger partial charge in [0.15, 0.2) is 0 Å². The standard InChI is InChI=1S/C19H14ClN3O3S/c20-13-9-11(21-15-10-17(25)23(7-8-24)19(15)26)5-6-12(13)18-22-14-3-1-2-4-16(14)27-18/h1-6,9-10,21,24H,7-8H2. The van der Waals surface area contributed by atoms with E-state index in [0.29, 0.717) is 10.7 Å². The van der Waals surface area contributed by atoms with Gasteiger partial charge >= 0.3 is 0 Å². The quantitative estimate of drug-likeness (QED) is 0.643. The first-order chi connectivity index (χ1) is 13.1. The molecule has 0 radical (unpaired) electrons. The molecule has 4 rings (SSSR count). The molecule has 1 aliphatic heterocycles. The van der Waals surface area contributed by atoms with Gasteiger partial charge in [-0.1, -0.05) is 23.7 Å². The molecule has 0 atom stereocenters. The average Bonchev–Trinajstić information content (AvgIpc) is 3.18. The molecule has 0 fully saturated rings. The number of nitrogens with one attached hydrogen (secondary N) is 1. The normalized spacial score (nSPS) is 14.1. The van der Waals surface area contributed by atoms with Crippen LogP contribution in [-0.4, -0.2) is 40.0 Å². The first-order valence-corrected chi connectivity index (χ1v) is 9.37. The molecule has 8 heteroatoms. The van der Waals surface area contributed by atoms with Crippen LogP contribution in [0, 0.1) is 0 Å². The Labute approximate surface area is 163 Å². The number of imide groups is 1. The summed E-state index contributed by atoms with van der Waals surface area (Å²) in [6, 6.07) is 13.2. The topological polar surface area (TPSA) is 82.5 Å². The highest BCUT2D eigenvalue weighted by molar-refractivity contribution is 7.21. The van der Waals surface area contributed by atoms with Crippen molar-refractivity contribution < 1.29 is 14.7 Å². The van der Waals surface area contributed by atoms with Crippen LogP contribution >= 0.6 is 22.9 Å². The Bertz CT molecular complexity index is 1060. The van der Waals surface area contributed by atoms with Gasteiger partial charge in [-0.15, -0.1) is 11.3 Å². The third kappa shape index (κ3) is 3.32. The first kappa shape index (κ1) is 17.7. The highest BCUT2D eigenvalue weighted by Crippen LogP contribution is 2.35. The molecular weight excluding hydrogens is 386 g/mol. The third-order valence-electron chi connectivity index (χ3n) is 4.11. The summed E-state index contributed by atoms with van der Waals surface area (Å²) in [5.74, 6) is -0.922. The summed E-state index contributed by atoms with van der Waals surface area (Å²) in [6.07, 6.45) is 1.22. The van der Waals surface area contributed by atoms with Gasteiger partial charge in [0.2, 0.25) is 0 Å². The molecule has 2 heterocycles. The lowest BCUT2D eigenvalue weighted by Gasteiger charge is -2.13. The second-order valence-electron chi connectivity index (χ2n) is 5.88. The minimum absolute atomic E-state index is 0.0311. The Hall–Kier alpha value is -2.74. The third-order valence-corrected chi connectivity index (χ3v) is 5.49. The van der Waals surface area contributed by atoms with E-state index in [0.717, 1.165) is 25.7 Å². The number of halogens is 1. The molecule has 2 amide bonds. The zero-order valence-electron chi connectivity index (χ0n) is 14.0. The van der Waals surface area contributed by atoms with Crippen LogP contribution < -0.4 is 5.32 Å². The number of aliphatic hydroxyl groups is 1. The maximum absolute atomic E-state index is 12.2. The fourth-order valence-electron chi connectivity index (χ4n) is 2.82. The number of para-hydroxylation sites is 1. The molecule has 0 saturated heterocycles. The van der Waals surface area contributed by atoms with Crippen LogP contribution in [0.3, 0.4) is 0 Å². The molecule has 1 aromatic heterocycles. The molecule has 2 N–H and O–H groups in total. The van der Waals surface area contributed by atoms with Crippen molar-refractivity contribution in [3.8, 4) is 10.6 Å². The second kappa shape index (κ2) is 7.11. The number of anilines is 1. The van der Waals surface area contributed by atoms with E-state index in [4.69, 9.17) is 16.7 Å². The maximum Gasteiger partial charge on any atom is 0.277 e. The van der Waals surface area contributed by atoms with Gasteiger partial charge in [-0.3, -0.25) is 14.5 Å². The first-order valence-electron chi connectivity index (χ1n) is 8.18. The number of β-amino-alcohol motifs (C(OH)–C–C–N with tert-alkyl or cyclic N) is 1. The number of carbonyl (C=O) groups excluding carboxylic acids is 2. The van der Waals surface area contributed by atoms with E-state index in [2.05, 4.69) is 10.3 Å². The van der Waals surface area contributed by atoms with Crippen molar-refractivity contribution in [2.45, 2.75) is 0 Å². The summed E-state index contributed by atoms with van der Waals surface area (Å²) in [6.45, 7) is -0.308.